The molecule has 0 aliphatic heterocycles. The van der Waals surface area contributed by atoms with Crippen LogP contribution in [0.5, 0.6) is 0 Å². The molecular formula is C6H10N2O2. The van der Waals surface area contributed by atoms with Crippen LogP contribution in [0.2, 0.25) is 0 Å². The summed E-state index contributed by atoms with van der Waals surface area (Å²) in [6.07, 6.45) is 1.69. The lowest BCUT2D eigenvalue weighted by molar-refractivity contribution is -0.113. The molecule has 1 unspecified atom stereocenters. The van der Waals surface area contributed by atoms with Crippen LogP contribution in [0, 0.1) is 5.92 Å². The molecule has 0 aliphatic rings. The molecule has 0 aromatic carbocycles. The summed E-state index contributed by atoms with van der Waals surface area (Å²) in [6, 6.07) is 0. The third kappa shape index (κ3) is 2.86. The average Bonchev–Trinajstić information content (AvgIpc) is 1.85. The predicted molar refractivity (Wildman–Crippen MR) is 36.7 cm³/mol. The third-order valence-corrected chi connectivity index (χ3v) is 1.04. The van der Waals surface area contributed by atoms with E-state index in [2.05, 4.69) is 0 Å². The summed E-state index contributed by atoms with van der Waals surface area (Å²) in [6.45, 7) is 1.59. The lowest BCUT2D eigenvalue weighted by Crippen LogP contribution is -2.15. The van der Waals surface area contributed by atoms with Crippen molar-refractivity contribution in [3.8, 4) is 0 Å². The Hall–Kier alpha value is -1.32. The van der Waals surface area contributed by atoms with Crippen LogP contribution in [0.4, 0.5) is 0 Å². The molecular weight excluding hydrogens is 132 g/mol. The van der Waals surface area contributed by atoms with E-state index in [1.807, 2.05) is 0 Å². The highest BCUT2D eigenvalue weighted by Gasteiger charge is 2.02. The van der Waals surface area contributed by atoms with Gasteiger partial charge in [-0.2, -0.15) is 0 Å². The second-order valence-corrected chi connectivity index (χ2v) is 1.97. The van der Waals surface area contributed by atoms with Crippen molar-refractivity contribution in [3.63, 3.8) is 0 Å². The summed E-state index contributed by atoms with van der Waals surface area (Å²) < 4.78 is 0. The summed E-state index contributed by atoms with van der Waals surface area (Å²) in [7, 11) is 0. The molecule has 1 atom stereocenters. The summed E-state index contributed by atoms with van der Waals surface area (Å²) in [5.74, 6) is -1.07. The number of hydrogen-bond donors (Lipinski definition) is 2. The van der Waals surface area contributed by atoms with Crippen molar-refractivity contribution in [2.24, 2.45) is 17.4 Å². The molecule has 0 bridgehead atoms. The van der Waals surface area contributed by atoms with Crippen LogP contribution in [0.25, 0.3) is 0 Å². The van der Waals surface area contributed by atoms with Crippen LogP contribution in [-0.2, 0) is 9.59 Å². The van der Waals surface area contributed by atoms with Crippen molar-refractivity contribution in [1.82, 2.24) is 0 Å². The van der Waals surface area contributed by atoms with Gasteiger partial charge >= 0.3 is 0 Å². The Morgan fingerprint density at radius 1 is 1.50 bits per heavy atom. The molecule has 0 saturated heterocycles. The van der Waals surface area contributed by atoms with Gasteiger partial charge in [-0.3, -0.25) is 4.79 Å². The molecule has 10 heavy (non-hydrogen) atoms. The maximum Gasteiger partial charge on any atom is 0.243 e. The second-order valence-electron chi connectivity index (χ2n) is 1.97. The highest BCUT2D eigenvalue weighted by atomic mass is 16.1. The Balaban J connectivity index is 4.18. The van der Waals surface area contributed by atoms with E-state index in [1.165, 1.54) is 0 Å². The zero-order chi connectivity index (χ0) is 8.15. The third-order valence-electron chi connectivity index (χ3n) is 1.04. The minimum absolute atomic E-state index is 0.197. The molecule has 0 aromatic heterocycles. The van der Waals surface area contributed by atoms with Crippen LogP contribution in [0.3, 0.4) is 0 Å². The van der Waals surface area contributed by atoms with Crippen LogP contribution in [0.15, 0.2) is 11.8 Å². The molecule has 0 heterocycles. The van der Waals surface area contributed by atoms with Gasteiger partial charge in [-0.25, -0.2) is 0 Å². The Morgan fingerprint density at radius 2 is 2.00 bits per heavy atom. The quantitative estimate of drug-likeness (QED) is 0.397. The molecule has 4 heteroatoms. The Bertz CT molecular complexity index is 175. The maximum absolute atomic E-state index is 10.2. The highest BCUT2D eigenvalue weighted by molar-refractivity contribution is 5.87. The monoisotopic (exact) mass is 142 g/mol. The number of nitrogens with two attached hydrogens (primary N) is 2. The maximum atomic E-state index is 10.2. The zero-order valence-electron chi connectivity index (χ0n) is 5.70. The van der Waals surface area contributed by atoms with Gasteiger partial charge in [-0.1, -0.05) is 6.92 Å². The Kier molecular flexibility index (Phi) is 3.17. The van der Waals surface area contributed by atoms with Crippen molar-refractivity contribution in [3.05, 3.63) is 11.8 Å². The van der Waals surface area contributed by atoms with Gasteiger partial charge in [-0.15, -0.1) is 0 Å². The lowest BCUT2D eigenvalue weighted by Gasteiger charge is -2.00. The van der Waals surface area contributed by atoms with E-state index in [-0.39, 0.29) is 5.70 Å². The Morgan fingerprint density at radius 3 is 2.30 bits per heavy atom. The number of amides is 1. The average molecular weight is 142 g/mol. The van der Waals surface area contributed by atoms with Gasteiger partial charge < -0.3 is 16.3 Å². The minimum atomic E-state index is -0.633. The molecule has 0 radical (unpaired) electrons. The minimum Gasteiger partial charge on any atom is -0.401 e. The molecule has 1 amide bonds. The SMILES string of the molecule is CC(C=O)/C(N)=C\C(N)=O. The molecule has 0 rings (SSSR count). The van der Waals surface area contributed by atoms with E-state index in [0.717, 1.165) is 6.08 Å². The number of carbonyl (C=O) groups excluding carboxylic acids is 2. The molecule has 4 nitrogen and oxygen atoms in total. The van der Waals surface area contributed by atoms with Crippen LogP contribution >= 0.6 is 0 Å². The standard InChI is InChI=1S/C6H10N2O2/c1-4(3-9)5(7)2-6(8)10/h2-4H,7H2,1H3,(H2,8,10)/b5-2+. The molecule has 56 valence electrons. The van der Waals surface area contributed by atoms with Gasteiger partial charge in [0.25, 0.3) is 0 Å². The van der Waals surface area contributed by atoms with Gasteiger partial charge in [0, 0.05) is 11.8 Å². The van der Waals surface area contributed by atoms with Crippen molar-refractivity contribution in [1.29, 1.82) is 0 Å². The summed E-state index contributed by atoms with van der Waals surface area (Å²) in [5, 5.41) is 0. The molecule has 0 aromatic rings. The summed E-state index contributed by atoms with van der Waals surface area (Å²) in [5.41, 5.74) is 10.2. The van der Waals surface area contributed by atoms with Crippen LogP contribution < -0.4 is 11.5 Å². The highest BCUT2D eigenvalue weighted by Crippen LogP contribution is 1.98. The van der Waals surface area contributed by atoms with E-state index >= 15 is 0 Å². The second kappa shape index (κ2) is 3.66. The van der Waals surface area contributed by atoms with E-state index in [0.29, 0.717) is 6.29 Å². The fraction of sp³-hybridized carbons (Fsp3) is 0.333. The van der Waals surface area contributed by atoms with E-state index in [4.69, 9.17) is 11.5 Å². The first-order valence-electron chi connectivity index (χ1n) is 2.79. The first-order chi connectivity index (χ1) is 4.57. The lowest BCUT2D eigenvalue weighted by atomic mass is 10.1. The van der Waals surface area contributed by atoms with Gasteiger partial charge in [-0.05, 0) is 0 Å². The van der Waals surface area contributed by atoms with Crippen molar-refractivity contribution < 1.29 is 9.59 Å². The van der Waals surface area contributed by atoms with E-state index < -0.39 is 11.8 Å². The summed E-state index contributed by atoms with van der Waals surface area (Å²) >= 11 is 0. The largest absolute Gasteiger partial charge is 0.401 e. The predicted octanol–water partition coefficient (Wildman–Crippen LogP) is -0.851. The fourth-order valence-corrected chi connectivity index (χ4v) is 0.374. The normalized spacial score (nSPS) is 14.3. The van der Waals surface area contributed by atoms with Crippen LogP contribution in [0.1, 0.15) is 6.92 Å². The molecule has 0 saturated carbocycles. The van der Waals surface area contributed by atoms with Gasteiger partial charge in [0.2, 0.25) is 5.91 Å². The first-order valence-corrected chi connectivity index (χ1v) is 2.79. The number of carbonyl (C=O) groups is 2. The topological polar surface area (TPSA) is 86.2 Å². The van der Waals surface area contributed by atoms with E-state index in [1.54, 1.807) is 6.92 Å². The molecule has 0 aliphatic carbocycles. The van der Waals surface area contributed by atoms with Gasteiger partial charge in [0.05, 0.1) is 5.92 Å². The van der Waals surface area contributed by atoms with Crippen molar-refractivity contribution in [2.45, 2.75) is 6.92 Å². The molecule has 0 spiro atoms. The van der Waals surface area contributed by atoms with E-state index in [9.17, 15) is 9.59 Å². The number of allylic oxidation sites excluding steroid dienone is 1. The number of primary amides is 1. The number of hydrogen-bond acceptors (Lipinski definition) is 3. The van der Waals surface area contributed by atoms with Gasteiger partial charge in [0.1, 0.15) is 6.29 Å². The van der Waals surface area contributed by atoms with Crippen molar-refractivity contribution >= 4 is 12.2 Å². The first kappa shape index (κ1) is 8.68. The fourth-order valence-electron chi connectivity index (χ4n) is 0.374. The van der Waals surface area contributed by atoms with Crippen LogP contribution in [-0.4, -0.2) is 12.2 Å². The Labute approximate surface area is 58.9 Å². The number of aldehydes is 1. The molecule has 0 fully saturated rings. The smallest absolute Gasteiger partial charge is 0.243 e. The van der Waals surface area contributed by atoms with Crippen molar-refractivity contribution in [2.75, 3.05) is 0 Å². The summed E-state index contributed by atoms with van der Waals surface area (Å²) in [4.78, 5) is 20.2. The zero-order valence-corrected chi connectivity index (χ0v) is 5.70. The van der Waals surface area contributed by atoms with Gasteiger partial charge in [0.15, 0.2) is 0 Å². The number of rotatable bonds is 3. The molecule has 4 N–H and O–H groups in total.